The summed E-state index contributed by atoms with van der Waals surface area (Å²) in [7, 11) is 1.75. The highest BCUT2D eigenvalue weighted by Gasteiger charge is 1.96. The Balaban J connectivity index is 2.43. The van der Waals surface area contributed by atoms with Crippen molar-refractivity contribution >= 4 is 21.9 Å². The van der Waals surface area contributed by atoms with E-state index in [4.69, 9.17) is 0 Å². The molecule has 0 amide bonds. The molecule has 0 aromatic heterocycles. The van der Waals surface area contributed by atoms with E-state index in [0.717, 1.165) is 17.0 Å². The van der Waals surface area contributed by atoms with Crippen LogP contribution in [0.1, 0.15) is 5.56 Å². The van der Waals surface area contributed by atoms with Gasteiger partial charge < -0.3 is 10.6 Å². The minimum Gasteiger partial charge on any atom is -0.353 e. The third kappa shape index (κ3) is 4.49. The van der Waals surface area contributed by atoms with Crippen LogP contribution >= 0.6 is 15.9 Å². The first-order valence-corrected chi connectivity index (χ1v) is 5.85. The molecule has 0 bridgehead atoms. The molecule has 1 rings (SSSR count). The highest BCUT2D eigenvalue weighted by Crippen LogP contribution is 2.09. The van der Waals surface area contributed by atoms with Gasteiger partial charge in [0.15, 0.2) is 5.96 Å². The van der Waals surface area contributed by atoms with Crippen LogP contribution in [-0.2, 0) is 6.54 Å². The maximum absolute atomic E-state index is 4.10. The summed E-state index contributed by atoms with van der Waals surface area (Å²) in [6.07, 6.45) is 1.80. The minimum atomic E-state index is 0.708. The van der Waals surface area contributed by atoms with Gasteiger partial charge in [-0.15, -0.1) is 6.58 Å². The van der Waals surface area contributed by atoms with Crippen LogP contribution in [0.3, 0.4) is 0 Å². The third-order valence-corrected chi connectivity index (χ3v) is 2.54. The molecule has 1 aromatic rings. The normalized spacial score (nSPS) is 11.0. The summed E-state index contributed by atoms with van der Waals surface area (Å²) in [6.45, 7) is 5.11. The van der Waals surface area contributed by atoms with Crippen molar-refractivity contribution < 1.29 is 0 Å². The number of benzene rings is 1. The lowest BCUT2D eigenvalue weighted by molar-refractivity contribution is 0.847. The molecule has 0 aliphatic carbocycles. The Morgan fingerprint density at radius 2 is 2.06 bits per heavy atom. The molecule has 0 fully saturated rings. The molecule has 0 atom stereocenters. The van der Waals surface area contributed by atoms with Gasteiger partial charge in [-0.05, 0) is 17.7 Å². The lowest BCUT2D eigenvalue weighted by atomic mass is 10.2. The average Bonchev–Trinajstić information content (AvgIpc) is 2.32. The average molecular weight is 282 g/mol. The molecule has 86 valence electrons. The van der Waals surface area contributed by atoms with Crippen molar-refractivity contribution in [3.8, 4) is 0 Å². The second-order valence-electron chi connectivity index (χ2n) is 3.22. The van der Waals surface area contributed by atoms with Gasteiger partial charge in [0.05, 0.1) is 0 Å². The largest absolute Gasteiger partial charge is 0.353 e. The van der Waals surface area contributed by atoms with Crippen molar-refractivity contribution in [1.29, 1.82) is 0 Å². The van der Waals surface area contributed by atoms with Crippen LogP contribution in [0.4, 0.5) is 0 Å². The number of hydrogen-bond acceptors (Lipinski definition) is 1. The topological polar surface area (TPSA) is 36.4 Å². The van der Waals surface area contributed by atoms with Crippen LogP contribution in [0.15, 0.2) is 46.4 Å². The summed E-state index contributed by atoms with van der Waals surface area (Å²) in [5.41, 5.74) is 1.21. The van der Waals surface area contributed by atoms with E-state index in [2.05, 4.69) is 50.3 Å². The third-order valence-electron chi connectivity index (χ3n) is 2.01. The molecule has 0 aliphatic heterocycles. The summed E-state index contributed by atoms with van der Waals surface area (Å²) in [4.78, 5) is 4.10. The fourth-order valence-electron chi connectivity index (χ4n) is 1.18. The van der Waals surface area contributed by atoms with Crippen molar-refractivity contribution in [2.24, 2.45) is 4.99 Å². The predicted molar refractivity (Wildman–Crippen MR) is 72.5 cm³/mol. The summed E-state index contributed by atoms with van der Waals surface area (Å²) < 4.78 is 1.09. The maximum atomic E-state index is 4.10. The highest BCUT2D eigenvalue weighted by atomic mass is 79.9. The van der Waals surface area contributed by atoms with Gasteiger partial charge in [0.25, 0.3) is 0 Å². The van der Waals surface area contributed by atoms with E-state index in [1.54, 1.807) is 13.1 Å². The van der Waals surface area contributed by atoms with Crippen LogP contribution in [0.25, 0.3) is 0 Å². The number of guanidine groups is 1. The van der Waals surface area contributed by atoms with Crippen molar-refractivity contribution in [2.75, 3.05) is 13.6 Å². The predicted octanol–water partition coefficient (Wildman–Crippen LogP) is 2.30. The fraction of sp³-hybridized carbons (Fsp3) is 0.250. The molecule has 0 spiro atoms. The van der Waals surface area contributed by atoms with Gasteiger partial charge in [-0.3, -0.25) is 4.99 Å². The second-order valence-corrected chi connectivity index (χ2v) is 4.14. The molecule has 0 saturated carbocycles. The van der Waals surface area contributed by atoms with Gasteiger partial charge in [-0.25, -0.2) is 0 Å². The molecule has 16 heavy (non-hydrogen) atoms. The Labute approximate surface area is 105 Å². The fourth-order valence-corrected chi connectivity index (χ4v) is 1.44. The summed E-state index contributed by atoms with van der Waals surface area (Å²) in [6, 6.07) is 8.18. The van der Waals surface area contributed by atoms with Crippen molar-refractivity contribution in [2.45, 2.75) is 6.54 Å². The second kappa shape index (κ2) is 7.06. The van der Waals surface area contributed by atoms with Crippen LogP contribution in [0.5, 0.6) is 0 Å². The van der Waals surface area contributed by atoms with Gasteiger partial charge in [-0.2, -0.15) is 0 Å². The Kier molecular flexibility index (Phi) is 5.64. The Hall–Kier alpha value is -1.29. The highest BCUT2D eigenvalue weighted by molar-refractivity contribution is 9.10. The molecule has 0 aliphatic rings. The first-order chi connectivity index (χ1) is 7.76. The Morgan fingerprint density at radius 3 is 2.62 bits per heavy atom. The van der Waals surface area contributed by atoms with E-state index in [1.165, 1.54) is 5.56 Å². The van der Waals surface area contributed by atoms with Gasteiger partial charge in [-0.1, -0.05) is 34.1 Å². The molecule has 0 radical (unpaired) electrons. The van der Waals surface area contributed by atoms with E-state index in [-0.39, 0.29) is 0 Å². The monoisotopic (exact) mass is 281 g/mol. The first-order valence-electron chi connectivity index (χ1n) is 5.06. The van der Waals surface area contributed by atoms with E-state index in [9.17, 15) is 0 Å². The van der Waals surface area contributed by atoms with Crippen molar-refractivity contribution in [3.63, 3.8) is 0 Å². The van der Waals surface area contributed by atoms with Crippen LogP contribution in [0.2, 0.25) is 0 Å². The number of rotatable bonds is 4. The smallest absolute Gasteiger partial charge is 0.191 e. The molecule has 0 heterocycles. The number of nitrogens with zero attached hydrogens (tertiary/aromatic N) is 1. The number of halogens is 1. The van der Waals surface area contributed by atoms with Crippen molar-refractivity contribution in [1.82, 2.24) is 10.6 Å². The van der Waals surface area contributed by atoms with E-state index >= 15 is 0 Å². The summed E-state index contributed by atoms with van der Waals surface area (Å²) in [5, 5.41) is 6.33. The Morgan fingerprint density at radius 1 is 1.38 bits per heavy atom. The van der Waals surface area contributed by atoms with Gasteiger partial charge >= 0.3 is 0 Å². The van der Waals surface area contributed by atoms with Gasteiger partial charge in [0, 0.05) is 24.6 Å². The molecule has 0 saturated heterocycles. The first kappa shape index (κ1) is 12.8. The zero-order valence-electron chi connectivity index (χ0n) is 9.33. The number of hydrogen-bond donors (Lipinski definition) is 2. The quantitative estimate of drug-likeness (QED) is 0.505. The lowest BCUT2D eigenvalue weighted by Crippen LogP contribution is -2.36. The molecule has 2 N–H and O–H groups in total. The number of nitrogens with one attached hydrogen (secondary N) is 2. The molecule has 0 unspecified atom stereocenters. The lowest BCUT2D eigenvalue weighted by Gasteiger charge is -2.10. The van der Waals surface area contributed by atoms with Crippen LogP contribution < -0.4 is 10.6 Å². The zero-order valence-corrected chi connectivity index (χ0v) is 10.9. The molecule has 4 heteroatoms. The molecule has 1 aromatic carbocycles. The van der Waals surface area contributed by atoms with E-state index < -0.39 is 0 Å². The van der Waals surface area contributed by atoms with Gasteiger partial charge in [0.2, 0.25) is 0 Å². The van der Waals surface area contributed by atoms with Crippen LogP contribution in [0, 0.1) is 0 Å². The molecular weight excluding hydrogens is 266 g/mol. The number of aliphatic imine (C=N–C) groups is 1. The van der Waals surface area contributed by atoms with Gasteiger partial charge in [0.1, 0.15) is 0 Å². The molecular formula is C12H16BrN3. The maximum Gasteiger partial charge on any atom is 0.191 e. The summed E-state index contributed by atoms with van der Waals surface area (Å²) in [5.74, 6) is 0.780. The Bertz CT molecular complexity index is 357. The van der Waals surface area contributed by atoms with Crippen LogP contribution in [-0.4, -0.2) is 19.6 Å². The zero-order chi connectivity index (χ0) is 11.8. The minimum absolute atomic E-state index is 0.708. The SMILES string of the molecule is C=CCNC(=NC)NCc1ccc(Br)cc1. The standard InChI is InChI=1S/C12H16BrN3/c1-3-8-15-12(14-2)16-9-10-4-6-11(13)7-5-10/h3-7H,1,8-9H2,2H3,(H2,14,15,16). The summed E-state index contributed by atoms with van der Waals surface area (Å²) >= 11 is 3.41. The van der Waals surface area contributed by atoms with E-state index in [0.29, 0.717) is 6.54 Å². The molecule has 3 nitrogen and oxygen atoms in total. The van der Waals surface area contributed by atoms with Crippen molar-refractivity contribution in [3.05, 3.63) is 47.0 Å². The van der Waals surface area contributed by atoms with E-state index in [1.807, 2.05) is 12.1 Å².